The molecule has 0 spiro atoms. The monoisotopic (exact) mass is 495 g/mol. The van der Waals surface area contributed by atoms with Crippen molar-refractivity contribution in [2.75, 3.05) is 10.6 Å². The quantitative estimate of drug-likeness (QED) is 0.458. The highest BCUT2D eigenvalue weighted by Crippen LogP contribution is 2.26. The molecule has 1 aromatic carbocycles. The van der Waals surface area contributed by atoms with Gasteiger partial charge in [-0.1, -0.05) is 26.8 Å². The molecule has 0 saturated carbocycles. The molecule has 0 saturated heterocycles. The molecule has 0 fully saturated rings. The number of carbonyl (C=O) groups is 2. The molecule has 192 valence electrons. The highest BCUT2D eigenvalue weighted by Gasteiger charge is 2.32. The number of ether oxygens (including phenoxy) is 1. The molecule has 1 atom stereocenters. The number of pyridine rings is 1. The fourth-order valence-electron chi connectivity index (χ4n) is 3.52. The van der Waals surface area contributed by atoms with E-state index < -0.39 is 28.8 Å². The van der Waals surface area contributed by atoms with Crippen molar-refractivity contribution in [2.45, 2.75) is 66.7 Å². The second-order valence-electron chi connectivity index (χ2n) is 10.6. The van der Waals surface area contributed by atoms with Crippen LogP contribution in [0.2, 0.25) is 0 Å². The van der Waals surface area contributed by atoms with E-state index in [1.54, 1.807) is 58.3 Å². The number of carbonyl (C=O) groups excluding carboxylic acids is 2. The summed E-state index contributed by atoms with van der Waals surface area (Å²) in [6.45, 7) is 13.0. The van der Waals surface area contributed by atoms with Gasteiger partial charge in [-0.15, -0.1) is 0 Å². The maximum atomic E-state index is 13.0. The van der Waals surface area contributed by atoms with E-state index in [1.807, 2.05) is 26.8 Å². The van der Waals surface area contributed by atoms with E-state index >= 15 is 0 Å². The minimum atomic E-state index is -0.739. The molecule has 36 heavy (non-hydrogen) atoms. The van der Waals surface area contributed by atoms with Crippen molar-refractivity contribution >= 4 is 34.6 Å². The van der Waals surface area contributed by atoms with E-state index in [0.29, 0.717) is 23.3 Å². The Kier molecular flexibility index (Phi) is 7.66. The van der Waals surface area contributed by atoms with Gasteiger partial charge in [-0.2, -0.15) is 4.98 Å². The van der Waals surface area contributed by atoms with Crippen molar-refractivity contribution < 1.29 is 18.7 Å². The Balaban J connectivity index is 1.84. The first kappa shape index (κ1) is 26.7. The number of aromatic nitrogens is 2. The molecule has 3 aromatic rings. The molecule has 2 heterocycles. The van der Waals surface area contributed by atoms with Gasteiger partial charge in [0.05, 0.1) is 10.9 Å². The lowest BCUT2D eigenvalue weighted by molar-refractivity contribution is -0.124. The summed E-state index contributed by atoms with van der Waals surface area (Å²) in [5.74, 6) is -0.274. The molecule has 0 bridgehead atoms. The number of nitrogens with one attached hydrogen (secondary N) is 3. The molecule has 2 amide bonds. The number of rotatable bonds is 6. The molecule has 0 aliphatic carbocycles. The largest absolute Gasteiger partial charge is 0.444 e. The molecule has 2 aromatic heterocycles. The summed E-state index contributed by atoms with van der Waals surface area (Å²) in [4.78, 5) is 46.6. The zero-order valence-electron chi connectivity index (χ0n) is 21.7. The highest BCUT2D eigenvalue weighted by atomic mass is 16.6. The van der Waals surface area contributed by atoms with Crippen LogP contribution in [0.25, 0.3) is 10.9 Å². The minimum absolute atomic E-state index is 0.0730. The number of anilines is 2. The summed E-state index contributed by atoms with van der Waals surface area (Å²) in [7, 11) is 0. The molecule has 1 unspecified atom stereocenters. The summed E-state index contributed by atoms with van der Waals surface area (Å²) in [6.07, 6.45) is 2.71. The summed E-state index contributed by atoms with van der Waals surface area (Å²) in [6, 6.07) is 6.09. The van der Waals surface area contributed by atoms with Crippen LogP contribution in [-0.4, -0.2) is 33.6 Å². The molecule has 0 aliphatic rings. The molecular weight excluding hydrogens is 462 g/mol. The van der Waals surface area contributed by atoms with E-state index in [9.17, 15) is 14.4 Å². The first-order valence-corrected chi connectivity index (χ1v) is 11.6. The second-order valence-corrected chi connectivity index (χ2v) is 10.6. The van der Waals surface area contributed by atoms with Crippen LogP contribution in [0, 0.1) is 12.3 Å². The SMILES string of the molecule is Cc1c(NC(=O)OC(C)(C)C)ccc2nc(NC(C(=O)NCc3cccnc3)C(C)(C)C)oc(=O)c12. The molecular formula is C26H33N5O5. The zero-order valence-corrected chi connectivity index (χ0v) is 21.7. The Labute approximate surface area is 209 Å². The van der Waals surface area contributed by atoms with Gasteiger partial charge in [-0.05, 0) is 62.4 Å². The average Bonchev–Trinajstić information content (AvgIpc) is 2.76. The van der Waals surface area contributed by atoms with E-state index in [1.165, 1.54) is 0 Å². The summed E-state index contributed by atoms with van der Waals surface area (Å²) >= 11 is 0. The molecule has 10 heteroatoms. The zero-order chi connectivity index (χ0) is 26.7. The van der Waals surface area contributed by atoms with Crippen LogP contribution in [0.3, 0.4) is 0 Å². The third kappa shape index (κ3) is 6.80. The number of benzene rings is 1. The lowest BCUT2D eigenvalue weighted by Gasteiger charge is -2.30. The van der Waals surface area contributed by atoms with Gasteiger partial charge < -0.3 is 19.8 Å². The fourth-order valence-corrected chi connectivity index (χ4v) is 3.52. The second kappa shape index (κ2) is 10.3. The smallest absolute Gasteiger partial charge is 0.412 e. The summed E-state index contributed by atoms with van der Waals surface area (Å²) in [5.41, 5.74) is 0.303. The van der Waals surface area contributed by atoms with Crippen molar-refractivity contribution in [3.63, 3.8) is 0 Å². The summed E-state index contributed by atoms with van der Waals surface area (Å²) < 4.78 is 10.7. The van der Waals surface area contributed by atoms with Gasteiger partial charge in [0.15, 0.2) is 0 Å². The Morgan fingerprint density at radius 1 is 1.11 bits per heavy atom. The number of hydrogen-bond donors (Lipinski definition) is 3. The van der Waals surface area contributed by atoms with Crippen LogP contribution >= 0.6 is 0 Å². The Morgan fingerprint density at radius 2 is 1.83 bits per heavy atom. The Bertz CT molecular complexity index is 1310. The Hall–Kier alpha value is -3.95. The van der Waals surface area contributed by atoms with Gasteiger partial charge in [0, 0.05) is 24.6 Å². The van der Waals surface area contributed by atoms with Crippen LogP contribution in [0.5, 0.6) is 0 Å². The molecule has 3 N–H and O–H groups in total. The number of hydrogen-bond acceptors (Lipinski definition) is 8. The van der Waals surface area contributed by atoms with Gasteiger partial charge in [-0.25, -0.2) is 9.59 Å². The molecule has 10 nitrogen and oxygen atoms in total. The van der Waals surface area contributed by atoms with Crippen molar-refractivity contribution in [2.24, 2.45) is 5.41 Å². The lowest BCUT2D eigenvalue weighted by atomic mass is 9.86. The normalized spacial score (nSPS) is 12.6. The van der Waals surface area contributed by atoms with Crippen LogP contribution in [-0.2, 0) is 16.1 Å². The topological polar surface area (TPSA) is 135 Å². The van der Waals surface area contributed by atoms with Crippen LogP contribution in [0.4, 0.5) is 16.5 Å². The minimum Gasteiger partial charge on any atom is -0.444 e. The van der Waals surface area contributed by atoms with Gasteiger partial charge in [0.25, 0.3) is 6.01 Å². The fraction of sp³-hybridized carbons (Fsp3) is 0.423. The lowest BCUT2D eigenvalue weighted by Crippen LogP contribution is -2.47. The number of nitrogens with zero attached hydrogens (tertiary/aromatic N) is 2. The molecule has 0 aliphatic heterocycles. The maximum Gasteiger partial charge on any atom is 0.412 e. The third-order valence-electron chi connectivity index (χ3n) is 5.28. The van der Waals surface area contributed by atoms with Gasteiger partial charge >= 0.3 is 11.7 Å². The van der Waals surface area contributed by atoms with Crippen molar-refractivity contribution in [1.29, 1.82) is 0 Å². The highest BCUT2D eigenvalue weighted by molar-refractivity contribution is 5.93. The van der Waals surface area contributed by atoms with E-state index in [4.69, 9.17) is 9.15 Å². The molecule has 3 rings (SSSR count). The van der Waals surface area contributed by atoms with Gasteiger partial charge in [0.1, 0.15) is 11.6 Å². The van der Waals surface area contributed by atoms with Crippen molar-refractivity contribution in [1.82, 2.24) is 15.3 Å². The van der Waals surface area contributed by atoms with Gasteiger partial charge in [-0.3, -0.25) is 15.1 Å². The third-order valence-corrected chi connectivity index (χ3v) is 5.28. The van der Waals surface area contributed by atoms with Crippen LogP contribution in [0.15, 0.2) is 45.9 Å². The average molecular weight is 496 g/mol. The first-order valence-electron chi connectivity index (χ1n) is 11.6. The van der Waals surface area contributed by atoms with Crippen molar-refractivity contribution in [3.05, 3.63) is 58.2 Å². The van der Waals surface area contributed by atoms with E-state index in [-0.39, 0.29) is 17.3 Å². The maximum absolute atomic E-state index is 13.0. The standard InChI is InChI=1S/C26H33N5O5/c1-15-17(30-24(34)36-26(5,6)7)10-11-18-19(15)22(33)35-23(29-18)31-20(25(2,3)4)21(32)28-14-16-9-8-12-27-13-16/h8-13,20H,14H2,1-7H3,(H,28,32)(H,29,31)(H,30,34). The number of aryl methyl sites for hydroxylation is 1. The van der Waals surface area contributed by atoms with E-state index in [2.05, 4.69) is 25.9 Å². The summed E-state index contributed by atoms with van der Waals surface area (Å²) in [5, 5.41) is 8.75. The first-order chi connectivity index (χ1) is 16.7. The molecule has 0 radical (unpaired) electrons. The van der Waals surface area contributed by atoms with Gasteiger partial charge in [0.2, 0.25) is 5.91 Å². The van der Waals surface area contributed by atoms with Crippen molar-refractivity contribution in [3.8, 4) is 0 Å². The Morgan fingerprint density at radius 3 is 2.44 bits per heavy atom. The van der Waals surface area contributed by atoms with E-state index in [0.717, 1.165) is 5.56 Å². The predicted octanol–water partition coefficient (Wildman–Crippen LogP) is 4.38. The number of fused-ring (bicyclic) bond motifs is 1. The number of amides is 2. The van der Waals surface area contributed by atoms with Crippen LogP contribution < -0.4 is 21.6 Å². The predicted molar refractivity (Wildman–Crippen MR) is 138 cm³/mol. The van der Waals surface area contributed by atoms with Crippen LogP contribution in [0.1, 0.15) is 52.7 Å².